The molecule has 1 amide bonds. The number of thioether (sulfide) groups is 1. The van der Waals surface area contributed by atoms with E-state index < -0.39 is 0 Å². The van der Waals surface area contributed by atoms with Gasteiger partial charge >= 0.3 is 0 Å². The van der Waals surface area contributed by atoms with Gasteiger partial charge in [0, 0.05) is 11.9 Å². The molecule has 3 rings (SSSR count). The summed E-state index contributed by atoms with van der Waals surface area (Å²) in [5, 5.41) is 20.2. The van der Waals surface area contributed by atoms with Crippen LogP contribution in [-0.4, -0.2) is 25.8 Å². The smallest absolute Gasteiger partial charge is 0.237 e. The van der Waals surface area contributed by atoms with Crippen molar-refractivity contribution in [1.82, 2.24) is 14.6 Å². The number of carbonyl (C=O) groups excluding carboxylic acids is 1. The number of fused-ring (bicyclic) bond motifs is 1. The maximum Gasteiger partial charge on any atom is 0.237 e. The van der Waals surface area contributed by atoms with E-state index in [0.29, 0.717) is 16.4 Å². The number of benzene rings is 1. The zero-order valence-corrected chi connectivity index (χ0v) is 13.1. The molecule has 0 aliphatic rings. The van der Waals surface area contributed by atoms with Crippen LogP contribution in [0.3, 0.4) is 0 Å². The molecule has 7 heteroatoms. The quantitative estimate of drug-likeness (QED) is 0.746. The van der Waals surface area contributed by atoms with E-state index in [4.69, 9.17) is 5.26 Å². The molecular weight excluding hydrogens is 310 g/mol. The summed E-state index contributed by atoms with van der Waals surface area (Å²) < 4.78 is 1.84. The number of hydrogen-bond donors (Lipinski definition) is 1. The number of nitrogens with zero attached hydrogens (tertiary/aromatic N) is 4. The van der Waals surface area contributed by atoms with Gasteiger partial charge in [-0.25, -0.2) is 0 Å². The second-order valence-corrected chi connectivity index (χ2v) is 6.16. The van der Waals surface area contributed by atoms with Gasteiger partial charge in [0.25, 0.3) is 0 Å². The third-order valence-corrected chi connectivity index (χ3v) is 4.25. The Morgan fingerprint density at radius 1 is 1.30 bits per heavy atom. The van der Waals surface area contributed by atoms with Gasteiger partial charge in [0.1, 0.15) is 0 Å². The van der Waals surface area contributed by atoms with Crippen LogP contribution in [0, 0.1) is 11.3 Å². The molecule has 0 aliphatic carbocycles. The molecule has 2 heterocycles. The van der Waals surface area contributed by atoms with Crippen molar-refractivity contribution in [2.75, 3.05) is 5.32 Å². The molecule has 2 aromatic heterocycles. The maximum absolute atomic E-state index is 12.3. The van der Waals surface area contributed by atoms with Crippen LogP contribution in [0.2, 0.25) is 0 Å². The minimum Gasteiger partial charge on any atom is -0.325 e. The third-order valence-electron chi connectivity index (χ3n) is 3.19. The first-order chi connectivity index (χ1) is 11.2. The number of nitriles is 1. The van der Waals surface area contributed by atoms with Crippen molar-refractivity contribution in [2.24, 2.45) is 0 Å². The highest BCUT2D eigenvalue weighted by molar-refractivity contribution is 8.00. The first kappa shape index (κ1) is 15.1. The highest BCUT2D eigenvalue weighted by atomic mass is 32.2. The third kappa shape index (κ3) is 3.33. The van der Waals surface area contributed by atoms with Crippen molar-refractivity contribution < 1.29 is 4.79 Å². The molecule has 0 aliphatic heterocycles. The van der Waals surface area contributed by atoms with E-state index in [2.05, 4.69) is 15.5 Å². The summed E-state index contributed by atoms with van der Waals surface area (Å²) in [5.41, 5.74) is 1.85. The van der Waals surface area contributed by atoms with Gasteiger partial charge in [-0.1, -0.05) is 23.9 Å². The Morgan fingerprint density at radius 2 is 2.17 bits per heavy atom. The number of rotatable bonds is 4. The first-order valence-electron chi connectivity index (χ1n) is 6.95. The van der Waals surface area contributed by atoms with Gasteiger partial charge in [-0.05, 0) is 37.3 Å². The lowest BCUT2D eigenvalue weighted by molar-refractivity contribution is -0.115. The molecular formula is C16H13N5OS. The molecule has 0 bridgehead atoms. The van der Waals surface area contributed by atoms with E-state index in [0.717, 1.165) is 5.65 Å². The van der Waals surface area contributed by atoms with Crippen LogP contribution in [0.25, 0.3) is 5.65 Å². The fraction of sp³-hybridized carbons (Fsp3) is 0.125. The van der Waals surface area contributed by atoms with Crippen LogP contribution < -0.4 is 5.32 Å². The standard InChI is InChI=1S/C16H13N5OS/c1-11(15(22)18-13-6-4-5-12(9-13)10-17)23-16-20-19-14-7-2-3-8-21(14)16/h2-9,11H,1H3,(H,18,22)/t11-/m0/s1. The Morgan fingerprint density at radius 3 is 3.00 bits per heavy atom. The molecule has 0 unspecified atom stereocenters. The predicted octanol–water partition coefficient (Wildman–Crippen LogP) is 2.72. The van der Waals surface area contributed by atoms with E-state index in [-0.39, 0.29) is 11.2 Å². The van der Waals surface area contributed by atoms with Gasteiger partial charge in [0.2, 0.25) is 5.91 Å². The summed E-state index contributed by atoms with van der Waals surface area (Å²) in [4.78, 5) is 12.3. The maximum atomic E-state index is 12.3. The van der Waals surface area contributed by atoms with Gasteiger partial charge in [-0.3, -0.25) is 9.20 Å². The fourth-order valence-corrected chi connectivity index (χ4v) is 2.86. The monoisotopic (exact) mass is 323 g/mol. The number of nitrogens with one attached hydrogen (secondary N) is 1. The van der Waals surface area contributed by atoms with E-state index in [1.165, 1.54) is 11.8 Å². The molecule has 0 saturated carbocycles. The summed E-state index contributed by atoms with van der Waals surface area (Å²) in [6, 6.07) is 14.5. The molecule has 0 spiro atoms. The Labute approximate surface area is 137 Å². The van der Waals surface area contributed by atoms with Crippen molar-refractivity contribution in [3.8, 4) is 6.07 Å². The van der Waals surface area contributed by atoms with E-state index in [1.54, 1.807) is 31.2 Å². The van der Waals surface area contributed by atoms with Crippen LogP contribution in [0.4, 0.5) is 5.69 Å². The summed E-state index contributed by atoms with van der Waals surface area (Å²) in [7, 11) is 0. The normalized spacial score (nSPS) is 11.8. The second-order valence-electron chi connectivity index (χ2n) is 4.85. The molecule has 6 nitrogen and oxygen atoms in total. The molecule has 23 heavy (non-hydrogen) atoms. The summed E-state index contributed by atoms with van der Waals surface area (Å²) in [6.07, 6.45) is 1.86. The lowest BCUT2D eigenvalue weighted by Gasteiger charge is -2.11. The van der Waals surface area contributed by atoms with Crippen LogP contribution in [-0.2, 0) is 4.79 Å². The minimum atomic E-state index is -0.353. The van der Waals surface area contributed by atoms with Gasteiger partial charge in [-0.15, -0.1) is 10.2 Å². The first-order valence-corrected chi connectivity index (χ1v) is 7.83. The van der Waals surface area contributed by atoms with Crippen molar-refractivity contribution in [2.45, 2.75) is 17.3 Å². The number of aromatic nitrogens is 3. The average Bonchev–Trinajstić information content (AvgIpc) is 2.98. The zero-order chi connectivity index (χ0) is 16.2. The number of carbonyl (C=O) groups is 1. The Hall–Kier alpha value is -2.85. The number of hydrogen-bond acceptors (Lipinski definition) is 5. The van der Waals surface area contributed by atoms with Crippen LogP contribution in [0.15, 0.2) is 53.8 Å². The van der Waals surface area contributed by atoms with Crippen molar-refractivity contribution in [1.29, 1.82) is 5.26 Å². The SMILES string of the molecule is C[C@H](Sc1nnc2ccccn12)C(=O)Nc1cccc(C#N)c1. The molecule has 1 aromatic carbocycles. The largest absolute Gasteiger partial charge is 0.325 e. The summed E-state index contributed by atoms with van der Waals surface area (Å²) in [5.74, 6) is -0.155. The summed E-state index contributed by atoms with van der Waals surface area (Å²) >= 11 is 1.33. The Kier molecular flexibility index (Phi) is 4.26. The van der Waals surface area contributed by atoms with Crippen LogP contribution >= 0.6 is 11.8 Å². The van der Waals surface area contributed by atoms with Gasteiger partial charge in [0.05, 0.1) is 16.9 Å². The second kappa shape index (κ2) is 6.50. The average molecular weight is 323 g/mol. The number of amides is 1. The predicted molar refractivity (Wildman–Crippen MR) is 88.1 cm³/mol. The summed E-state index contributed by atoms with van der Waals surface area (Å²) in [6.45, 7) is 1.80. The molecule has 3 aromatic rings. The van der Waals surface area contributed by atoms with Crippen molar-refractivity contribution >= 4 is 29.0 Å². The molecule has 114 valence electrons. The van der Waals surface area contributed by atoms with Gasteiger partial charge < -0.3 is 5.32 Å². The molecule has 1 atom stereocenters. The lowest BCUT2D eigenvalue weighted by Crippen LogP contribution is -2.22. The topological polar surface area (TPSA) is 83.1 Å². The van der Waals surface area contributed by atoms with Crippen LogP contribution in [0.5, 0.6) is 0 Å². The van der Waals surface area contributed by atoms with E-state index in [9.17, 15) is 4.79 Å². The molecule has 0 radical (unpaired) electrons. The Balaban J connectivity index is 1.71. The highest BCUT2D eigenvalue weighted by Gasteiger charge is 2.18. The highest BCUT2D eigenvalue weighted by Crippen LogP contribution is 2.23. The molecule has 0 fully saturated rings. The number of anilines is 1. The fourth-order valence-electron chi connectivity index (χ4n) is 2.02. The van der Waals surface area contributed by atoms with Crippen LogP contribution in [0.1, 0.15) is 12.5 Å². The van der Waals surface area contributed by atoms with Gasteiger partial charge in [-0.2, -0.15) is 5.26 Å². The lowest BCUT2D eigenvalue weighted by atomic mass is 10.2. The number of pyridine rings is 1. The van der Waals surface area contributed by atoms with E-state index >= 15 is 0 Å². The molecule has 1 N–H and O–H groups in total. The van der Waals surface area contributed by atoms with Crippen molar-refractivity contribution in [3.05, 3.63) is 54.2 Å². The van der Waals surface area contributed by atoms with E-state index in [1.807, 2.05) is 34.9 Å². The Bertz CT molecular complexity index is 899. The molecule has 0 saturated heterocycles. The minimum absolute atomic E-state index is 0.155. The zero-order valence-electron chi connectivity index (χ0n) is 12.3. The van der Waals surface area contributed by atoms with Crippen molar-refractivity contribution in [3.63, 3.8) is 0 Å². The van der Waals surface area contributed by atoms with Gasteiger partial charge in [0.15, 0.2) is 10.8 Å².